The Morgan fingerprint density at radius 3 is 2.65 bits per heavy atom. The quantitative estimate of drug-likeness (QED) is 0.889. The van der Waals surface area contributed by atoms with Crippen molar-refractivity contribution in [2.75, 3.05) is 13.6 Å². The maximum absolute atomic E-state index is 12.9. The third-order valence-electron chi connectivity index (χ3n) is 4.62. The number of halogens is 1. The molecule has 1 fully saturated rings. The van der Waals surface area contributed by atoms with Crippen LogP contribution in [-0.4, -0.2) is 24.5 Å². The van der Waals surface area contributed by atoms with Gasteiger partial charge in [0.15, 0.2) is 0 Å². The van der Waals surface area contributed by atoms with E-state index >= 15 is 0 Å². The normalized spacial score (nSPS) is 24.9. The van der Waals surface area contributed by atoms with Gasteiger partial charge >= 0.3 is 0 Å². The second kappa shape index (κ2) is 7.19. The smallest absolute Gasteiger partial charge is 0.123 e. The van der Waals surface area contributed by atoms with Crippen LogP contribution in [0.4, 0.5) is 4.39 Å². The van der Waals surface area contributed by atoms with Crippen LogP contribution in [0.2, 0.25) is 0 Å². The number of hydrogen-bond acceptors (Lipinski definition) is 2. The minimum atomic E-state index is -0.200. The number of nitrogens with zero attached hydrogens (tertiary/aromatic N) is 1. The van der Waals surface area contributed by atoms with Crippen molar-refractivity contribution in [3.63, 3.8) is 0 Å². The van der Waals surface area contributed by atoms with Crippen LogP contribution < -0.4 is 5.73 Å². The fourth-order valence-corrected chi connectivity index (χ4v) is 3.20. The lowest BCUT2D eigenvalue weighted by Gasteiger charge is -2.34. The first kappa shape index (κ1) is 15.5. The van der Waals surface area contributed by atoms with E-state index in [-0.39, 0.29) is 11.9 Å². The maximum Gasteiger partial charge on any atom is 0.123 e. The van der Waals surface area contributed by atoms with Crippen molar-refractivity contribution in [1.29, 1.82) is 0 Å². The summed E-state index contributed by atoms with van der Waals surface area (Å²) in [5.41, 5.74) is 7.23. The molecule has 1 aromatic rings. The van der Waals surface area contributed by atoms with Crippen molar-refractivity contribution in [2.24, 2.45) is 11.7 Å². The predicted octanol–water partition coefficient (Wildman–Crippen LogP) is 3.73. The standard InChI is InChI=1S/C17H27FN2/c1-13-4-3-5-16(12-13)20(2)11-10-17(19)14-6-8-15(18)9-7-14/h6-9,13,16-17H,3-5,10-12,19H2,1-2H3. The Morgan fingerprint density at radius 2 is 2.00 bits per heavy atom. The molecular formula is C17H27FN2. The zero-order chi connectivity index (χ0) is 14.5. The van der Waals surface area contributed by atoms with Gasteiger partial charge in [0.25, 0.3) is 0 Å². The Balaban J connectivity index is 1.80. The lowest BCUT2D eigenvalue weighted by atomic mass is 9.86. The first-order valence-corrected chi connectivity index (χ1v) is 7.77. The molecule has 20 heavy (non-hydrogen) atoms. The average Bonchev–Trinajstić information content (AvgIpc) is 2.45. The van der Waals surface area contributed by atoms with Gasteiger partial charge in [-0.15, -0.1) is 0 Å². The third kappa shape index (κ3) is 4.29. The molecule has 2 rings (SSSR count). The van der Waals surface area contributed by atoms with Crippen LogP contribution in [-0.2, 0) is 0 Å². The molecule has 3 atom stereocenters. The van der Waals surface area contributed by atoms with E-state index in [1.807, 2.05) is 0 Å². The highest BCUT2D eigenvalue weighted by Crippen LogP contribution is 2.27. The highest BCUT2D eigenvalue weighted by atomic mass is 19.1. The highest BCUT2D eigenvalue weighted by molar-refractivity contribution is 5.19. The Labute approximate surface area is 122 Å². The summed E-state index contributed by atoms with van der Waals surface area (Å²) in [5.74, 6) is 0.649. The zero-order valence-corrected chi connectivity index (χ0v) is 12.7. The van der Waals surface area contributed by atoms with E-state index in [9.17, 15) is 4.39 Å². The van der Waals surface area contributed by atoms with E-state index in [4.69, 9.17) is 5.73 Å². The minimum Gasteiger partial charge on any atom is -0.324 e. The van der Waals surface area contributed by atoms with Crippen LogP contribution in [0, 0.1) is 11.7 Å². The molecular weight excluding hydrogens is 251 g/mol. The molecule has 1 aliphatic carbocycles. The van der Waals surface area contributed by atoms with Crippen molar-refractivity contribution in [2.45, 2.75) is 51.1 Å². The minimum absolute atomic E-state index is 0.000867. The fraction of sp³-hybridized carbons (Fsp3) is 0.647. The molecule has 0 amide bonds. The Morgan fingerprint density at radius 1 is 1.30 bits per heavy atom. The van der Waals surface area contributed by atoms with Gasteiger partial charge in [-0.3, -0.25) is 0 Å². The van der Waals surface area contributed by atoms with Crippen molar-refractivity contribution >= 4 is 0 Å². The van der Waals surface area contributed by atoms with Gasteiger partial charge in [0, 0.05) is 12.1 Å². The monoisotopic (exact) mass is 278 g/mol. The number of nitrogens with two attached hydrogens (primary N) is 1. The summed E-state index contributed by atoms with van der Waals surface area (Å²) in [7, 11) is 2.21. The third-order valence-corrected chi connectivity index (χ3v) is 4.62. The summed E-state index contributed by atoms with van der Waals surface area (Å²) in [6, 6.07) is 7.27. The van der Waals surface area contributed by atoms with Crippen molar-refractivity contribution < 1.29 is 4.39 Å². The number of rotatable bonds is 5. The van der Waals surface area contributed by atoms with Crippen LogP contribution >= 0.6 is 0 Å². The zero-order valence-electron chi connectivity index (χ0n) is 12.7. The predicted molar refractivity (Wildman–Crippen MR) is 82.0 cm³/mol. The Hall–Kier alpha value is -0.930. The van der Waals surface area contributed by atoms with E-state index < -0.39 is 0 Å². The van der Waals surface area contributed by atoms with E-state index in [0.717, 1.165) is 24.4 Å². The first-order valence-electron chi connectivity index (χ1n) is 7.77. The average molecular weight is 278 g/mol. The van der Waals surface area contributed by atoms with Crippen LogP contribution in [0.3, 0.4) is 0 Å². The van der Waals surface area contributed by atoms with Gasteiger partial charge in [-0.05, 0) is 56.5 Å². The van der Waals surface area contributed by atoms with E-state index in [1.165, 1.54) is 37.8 Å². The van der Waals surface area contributed by atoms with Crippen LogP contribution in [0.15, 0.2) is 24.3 Å². The van der Waals surface area contributed by atoms with Gasteiger partial charge in [0.05, 0.1) is 0 Å². The molecule has 0 bridgehead atoms. The summed E-state index contributed by atoms with van der Waals surface area (Å²) < 4.78 is 12.9. The molecule has 0 spiro atoms. The molecule has 1 saturated carbocycles. The molecule has 0 aromatic heterocycles. The van der Waals surface area contributed by atoms with E-state index in [1.54, 1.807) is 12.1 Å². The first-order chi connectivity index (χ1) is 9.56. The lowest BCUT2D eigenvalue weighted by Crippen LogP contribution is -2.37. The van der Waals surface area contributed by atoms with E-state index in [2.05, 4.69) is 18.9 Å². The van der Waals surface area contributed by atoms with Crippen LogP contribution in [0.25, 0.3) is 0 Å². The fourth-order valence-electron chi connectivity index (χ4n) is 3.20. The summed E-state index contributed by atoms with van der Waals surface area (Å²) in [6.45, 7) is 3.36. The Kier molecular flexibility index (Phi) is 5.55. The molecule has 3 heteroatoms. The molecule has 3 unspecified atom stereocenters. The molecule has 1 aliphatic rings. The van der Waals surface area contributed by atoms with Crippen molar-refractivity contribution in [3.8, 4) is 0 Å². The molecule has 2 N–H and O–H groups in total. The molecule has 112 valence electrons. The summed E-state index contributed by atoms with van der Waals surface area (Å²) in [6.07, 6.45) is 6.27. The van der Waals surface area contributed by atoms with Crippen LogP contribution in [0.1, 0.15) is 50.6 Å². The second-order valence-electron chi connectivity index (χ2n) is 6.35. The summed E-state index contributed by atoms with van der Waals surface area (Å²) in [4.78, 5) is 2.46. The Bertz CT molecular complexity index is 404. The molecule has 2 nitrogen and oxygen atoms in total. The molecule has 0 radical (unpaired) electrons. The largest absolute Gasteiger partial charge is 0.324 e. The van der Waals surface area contributed by atoms with Gasteiger partial charge in [-0.2, -0.15) is 0 Å². The topological polar surface area (TPSA) is 29.3 Å². The van der Waals surface area contributed by atoms with Crippen LogP contribution in [0.5, 0.6) is 0 Å². The number of benzene rings is 1. The van der Waals surface area contributed by atoms with E-state index in [0.29, 0.717) is 6.04 Å². The number of hydrogen-bond donors (Lipinski definition) is 1. The van der Waals surface area contributed by atoms with Gasteiger partial charge in [0.2, 0.25) is 0 Å². The van der Waals surface area contributed by atoms with Gasteiger partial charge < -0.3 is 10.6 Å². The van der Waals surface area contributed by atoms with Gasteiger partial charge in [0.1, 0.15) is 5.82 Å². The molecule has 1 aromatic carbocycles. The highest BCUT2D eigenvalue weighted by Gasteiger charge is 2.22. The van der Waals surface area contributed by atoms with Crippen molar-refractivity contribution in [1.82, 2.24) is 4.90 Å². The van der Waals surface area contributed by atoms with Gasteiger partial charge in [-0.1, -0.05) is 31.9 Å². The lowest BCUT2D eigenvalue weighted by molar-refractivity contribution is 0.160. The molecule has 0 heterocycles. The summed E-state index contributed by atoms with van der Waals surface area (Å²) in [5, 5.41) is 0. The summed E-state index contributed by atoms with van der Waals surface area (Å²) >= 11 is 0. The second-order valence-corrected chi connectivity index (χ2v) is 6.35. The molecule has 0 saturated heterocycles. The SMILES string of the molecule is CC1CCCC(N(C)CCC(N)c2ccc(F)cc2)C1. The maximum atomic E-state index is 12.9. The molecule has 0 aliphatic heterocycles. The van der Waals surface area contributed by atoms with Gasteiger partial charge in [-0.25, -0.2) is 4.39 Å². The van der Waals surface area contributed by atoms with Crippen molar-refractivity contribution in [3.05, 3.63) is 35.6 Å².